The quantitative estimate of drug-likeness (QED) is 0.410. The van der Waals surface area contributed by atoms with E-state index in [9.17, 15) is 9.90 Å². The van der Waals surface area contributed by atoms with E-state index in [1.54, 1.807) is 7.11 Å². The molecule has 0 aliphatic rings. The Hall–Kier alpha value is -0.650. The first kappa shape index (κ1) is 14.9. The molecule has 80 valence electrons. The average Bonchev–Trinajstić information content (AvgIpc) is 1.84. The average molecular weight is 193 g/mol. The molecule has 0 rings (SSSR count). The van der Waals surface area contributed by atoms with E-state index in [-0.39, 0.29) is 6.61 Å². The van der Waals surface area contributed by atoms with Gasteiger partial charge in [0.15, 0.2) is 6.73 Å². The van der Waals surface area contributed by atoms with Crippen LogP contribution in [0.15, 0.2) is 0 Å². The first-order chi connectivity index (χ1) is 5.83. The molecule has 0 aliphatic heterocycles. The molecular weight excluding hydrogens is 174 g/mol. The lowest BCUT2D eigenvalue weighted by atomic mass is 10.7. The predicted molar refractivity (Wildman–Crippen MR) is 46.8 cm³/mol. The van der Waals surface area contributed by atoms with E-state index in [0.717, 1.165) is 11.2 Å². The summed E-state index contributed by atoms with van der Waals surface area (Å²) in [5.74, 6) is -1.18. The highest BCUT2D eigenvalue weighted by Gasteiger charge is 2.02. The van der Waals surface area contributed by atoms with Crippen molar-refractivity contribution in [1.29, 1.82) is 0 Å². The number of ether oxygens (including phenoxy) is 2. The van der Waals surface area contributed by atoms with Gasteiger partial charge in [-0.3, -0.25) is 0 Å². The van der Waals surface area contributed by atoms with E-state index in [4.69, 9.17) is 4.74 Å². The summed E-state index contributed by atoms with van der Waals surface area (Å²) in [6.07, 6.45) is 0. The third-order valence-electron chi connectivity index (χ3n) is 0.779. The van der Waals surface area contributed by atoms with Gasteiger partial charge in [-0.15, -0.1) is 0 Å². The Morgan fingerprint density at radius 1 is 1.23 bits per heavy atom. The molecule has 0 aromatic carbocycles. The number of nitrogens with zero attached hydrogens (tertiary/aromatic N) is 1. The lowest BCUT2D eigenvalue weighted by molar-refractivity contribution is -0.890. The molecule has 0 aromatic rings. The number of aliphatic carboxylic acids is 1. The second kappa shape index (κ2) is 7.97. The molecule has 13 heavy (non-hydrogen) atoms. The van der Waals surface area contributed by atoms with Gasteiger partial charge >= 0.3 is 0 Å². The van der Waals surface area contributed by atoms with Crippen molar-refractivity contribution in [1.82, 2.24) is 0 Å². The zero-order valence-corrected chi connectivity index (χ0v) is 8.99. The number of hydrogen-bond donors (Lipinski definition) is 0. The van der Waals surface area contributed by atoms with Gasteiger partial charge in [-0.05, 0) is 0 Å². The van der Waals surface area contributed by atoms with Crippen molar-refractivity contribution in [3.63, 3.8) is 0 Å². The molecule has 0 atom stereocenters. The fourth-order valence-corrected chi connectivity index (χ4v) is 0.505. The predicted octanol–water partition coefficient (Wildman–Crippen LogP) is -1.32. The van der Waals surface area contributed by atoms with Crippen LogP contribution in [0.2, 0.25) is 0 Å². The molecule has 0 aliphatic carbocycles. The maximum atomic E-state index is 9.36. The van der Waals surface area contributed by atoms with E-state index in [1.807, 2.05) is 0 Å². The molecule has 0 N–H and O–H groups in total. The normalized spacial score (nSPS) is 10.2. The molecule has 0 amide bonds. The highest BCUT2D eigenvalue weighted by molar-refractivity contribution is 5.65. The Morgan fingerprint density at radius 2 is 1.69 bits per heavy atom. The fraction of sp³-hybridized carbons (Fsp3) is 0.875. The van der Waals surface area contributed by atoms with Crippen molar-refractivity contribution in [2.75, 3.05) is 48.7 Å². The summed E-state index contributed by atoms with van der Waals surface area (Å²) in [5, 5.41) is 9.36. The molecule has 0 radical (unpaired) electrons. The smallest absolute Gasteiger partial charge is 0.182 e. The highest BCUT2D eigenvalue weighted by Crippen LogP contribution is 1.86. The number of methoxy groups -OCH3 is 2. The molecule has 5 heteroatoms. The topological polar surface area (TPSA) is 58.6 Å². The summed E-state index contributed by atoms with van der Waals surface area (Å²) in [5.41, 5.74) is 0. The number of carboxylic acid groups (broad SMARTS) is 1. The molecule has 0 saturated carbocycles. The van der Waals surface area contributed by atoms with E-state index < -0.39 is 5.97 Å². The number of hydrogen-bond acceptors (Lipinski definition) is 4. The lowest BCUT2D eigenvalue weighted by Gasteiger charge is -2.21. The lowest BCUT2D eigenvalue weighted by Crippen LogP contribution is -2.35. The summed E-state index contributed by atoms with van der Waals surface area (Å²) >= 11 is 0. The minimum Gasteiger partial charge on any atom is -0.548 e. The number of carboxylic acids is 1. The summed E-state index contributed by atoms with van der Waals surface area (Å²) in [4.78, 5) is 9.36. The molecule has 0 heterocycles. The van der Waals surface area contributed by atoms with Crippen molar-refractivity contribution < 1.29 is 23.9 Å². The second-order valence-electron chi connectivity index (χ2n) is 3.51. The van der Waals surface area contributed by atoms with Crippen molar-refractivity contribution in [2.24, 2.45) is 0 Å². The van der Waals surface area contributed by atoms with Crippen LogP contribution < -0.4 is 5.11 Å². The first-order valence-corrected chi connectivity index (χ1v) is 3.81. The summed E-state index contributed by atoms with van der Waals surface area (Å²) in [6, 6.07) is 0. The van der Waals surface area contributed by atoms with E-state index in [2.05, 4.69) is 25.9 Å². The van der Waals surface area contributed by atoms with E-state index in [1.165, 1.54) is 7.11 Å². The van der Waals surface area contributed by atoms with Gasteiger partial charge in [-0.2, -0.15) is 0 Å². The number of carbonyl (C=O) groups is 1. The second-order valence-corrected chi connectivity index (χ2v) is 3.51. The van der Waals surface area contributed by atoms with Gasteiger partial charge in [-0.25, -0.2) is 0 Å². The maximum absolute atomic E-state index is 9.36. The minimum absolute atomic E-state index is 0.319. The zero-order chi connectivity index (χ0) is 10.9. The molecular formula is C8H19NO4. The molecule has 0 fully saturated rings. The summed E-state index contributed by atoms with van der Waals surface area (Å²) < 4.78 is 9.89. The number of rotatable bonds is 4. The standard InChI is InChI=1S/C5H14NO.C3H6O3/c1-6(2,3)5-7-4;1-6-2-3(4)5/h5H2,1-4H3;2H2,1H3,(H,4,5)/q+1;/p-1. The minimum atomic E-state index is -1.18. The van der Waals surface area contributed by atoms with Crippen LogP contribution in [0.3, 0.4) is 0 Å². The van der Waals surface area contributed by atoms with E-state index in [0.29, 0.717) is 0 Å². The van der Waals surface area contributed by atoms with Gasteiger partial charge in [-0.1, -0.05) is 0 Å². The van der Waals surface area contributed by atoms with Crippen LogP contribution in [0.4, 0.5) is 0 Å². The van der Waals surface area contributed by atoms with E-state index >= 15 is 0 Å². The van der Waals surface area contributed by atoms with Gasteiger partial charge in [0.2, 0.25) is 0 Å². The van der Waals surface area contributed by atoms with Crippen LogP contribution in [-0.4, -0.2) is 59.2 Å². The number of quaternary nitrogens is 1. The molecule has 0 bridgehead atoms. The molecule has 5 nitrogen and oxygen atoms in total. The van der Waals surface area contributed by atoms with Gasteiger partial charge in [0.25, 0.3) is 0 Å². The zero-order valence-electron chi connectivity index (χ0n) is 8.99. The Labute approximate surface area is 79.5 Å². The molecule has 0 aromatic heterocycles. The molecule has 0 unspecified atom stereocenters. The van der Waals surface area contributed by atoms with Crippen LogP contribution in [-0.2, 0) is 14.3 Å². The van der Waals surface area contributed by atoms with Crippen LogP contribution in [0.1, 0.15) is 0 Å². The highest BCUT2D eigenvalue weighted by atomic mass is 16.5. The van der Waals surface area contributed by atoms with Crippen molar-refractivity contribution in [3.05, 3.63) is 0 Å². The maximum Gasteiger partial charge on any atom is 0.182 e. The van der Waals surface area contributed by atoms with Crippen LogP contribution in [0, 0.1) is 0 Å². The summed E-state index contributed by atoms with van der Waals surface area (Å²) in [6.45, 7) is 0.458. The third-order valence-corrected chi connectivity index (χ3v) is 0.779. The Balaban J connectivity index is 0. The Morgan fingerprint density at radius 3 is 1.69 bits per heavy atom. The number of carbonyl (C=O) groups excluding carboxylic acids is 1. The molecule has 0 spiro atoms. The van der Waals surface area contributed by atoms with Crippen LogP contribution in [0.5, 0.6) is 0 Å². The third kappa shape index (κ3) is 24.6. The monoisotopic (exact) mass is 193 g/mol. The Kier molecular flexibility index (Phi) is 9.11. The Bertz CT molecular complexity index is 131. The molecule has 0 saturated heterocycles. The van der Waals surface area contributed by atoms with Crippen molar-refractivity contribution in [3.8, 4) is 0 Å². The SMILES string of the molecule is COCC(=O)[O-].COC[N+](C)(C)C. The van der Waals surface area contributed by atoms with Gasteiger partial charge in [0, 0.05) is 14.2 Å². The largest absolute Gasteiger partial charge is 0.548 e. The van der Waals surface area contributed by atoms with Gasteiger partial charge in [0.05, 0.1) is 33.7 Å². The summed E-state index contributed by atoms with van der Waals surface area (Å²) in [7, 11) is 9.27. The van der Waals surface area contributed by atoms with Crippen molar-refractivity contribution in [2.45, 2.75) is 0 Å². The van der Waals surface area contributed by atoms with Crippen LogP contribution in [0.25, 0.3) is 0 Å². The van der Waals surface area contributed by atoms with Crippen molar-refractivity contribution >= 4 is 5.97 Å². The van der Waals surface area contributed by atoms with Gasteiger partial charge < -0.3 is 23.9 Å². The van der Waals surface area contributed by atoms with Crippen LogP contribution >= 0.6 is 0 Å². The van der Waals surface area contributed by atoms with Gasteiger partial charge in [0.1, 0.15) is 0 Å². The fourth-order valence-electron chi connectivity index (χ4n) is 0.505. The first-order valence-electron chi connectivity index (χ1n) is 3.81.